The quantitative estimate of drug-likeness (QED) is 0.744. The average molecular weight is 199 g/mol. The Balaban J connectivity index is 2.64. The van der Waals surface area contributed by atoms with Gasteiger partial charge in [0.15, 0.2) is 0 Å². The van der Waals surface area contributed by atoms with Crippen LogP contribution in [-0.4, -0.2) is 14.5 Å². The number of hydrogen-bond donors (Lipinski definition) is 0. The zero-order valence-electron chi connectivity index (χ0n) is 8.94. The number of aromatic nitrogens is 3. The third-order valence-electron chi connectivity index (χ3n) is 2.40. The van der Waals surface area contributed by atoms with Gasteiger partial charge in [-0.3, -0.25) is 4.57 Å². The molecule has 0 spiro atoms. The van der Waals surface area contributed by atoms with Crippen LogP contribution in [0.4, 0.5) is 0 Å². The van der Waals surface area contributed by atoms with Gasteiger partial charge in [-0.25, -0.2) is 9.97 Å². The Morgan fingerprint density at radius 2 is 2.13 bits per heavy atom. The molecule has 2 rings (SSSR count). The van der Waals surface area contributed by atoms with Crippen LogP contribution < -0.4 is 0 Å². The second-order valence-corrected chi connectivity index (χ2v) is 3.43. The number of nitrogens with zero attached hydrogens (tertiary/aromatic N) is 3. The minimum absolute atomic E-state index is 0.910. The van der Waals surface area contributed by atoms with Crippen molar-refractivity contribution in [1.29, 1.82) is 0 Å². The van der Waals surface area contributed by atoms with Gasteiger partial charge >= 0.3 is 0 Å². The van der Waals surface area contributed by atoms with E-state index in [1.54, 1.807) is 18.6 Å². The summed E-state index contributed by atoms with van der Waals surface area (Å²) in [5.74, 6) is 0.910. The fraction of sp³-hybridized carbons (Fsp3) is 0.167. The molecule has 0 unspecified atom stereocenters. The molecular formula is C12H13N3. The molecular weight excluding hydrogens is 186 g/mol. The van der Waals surface area contributed by atoms with Gasteiger partial charge in [-0.05, 0) is 31.6 Å². The van der Waals surface area contributed by atoms with Gasteiger partial charge in [-0.2, -0.15) is 0 Å². The van der Waals surface area contributed by atoms with Crippen molar-refractivity contribution < 1.29 is 0 Å². The fourth-order valence-corrected chi connectivity index (χ4v) is 1.59. The van der Waals surface area contributed by atoms with E-state index in [0.717, 1.165) is 22.8 Å². The summed E-state index contributed by atoms with van der Waals surface area (Å²) in [4.78, 5) is 8.60. The molecule has 0 saturated carbocycles. The fourth-order valence-electron chi connectivity index (χ4n) is 1.59. The predicted octanol–water partition coefficient (Wildman–Crippen LogP) is 2.53. The highest BCUT2D eigenvalue weighted by atomic mass is 15.1. The highest BCUT2D eigenvalue weighted by Crippen LogP contribution is 2.16. The Labute approximate surface area is 89.1 Å². The SMILES string of the molecule is C=Cc1c(C)ncn1-c1ncccc1C. The first-order chi connectivity index (χ1) is 7.24. The maximum Gasteiger partial charge on any atom is 0.141 e. The second-order valence-electron chi connectivity index (χ2n) is 3.43. The van der Waals surface area contributed by atoms with Crippen LogP contribution in [-0.2, 0) is 0 Å². The molecule has 0 aliphatic rings. The number of rotatable bonds is 2. The number of hydrogen-bond acceptors (Lipinski definition) is 2. The van der Waals surface area contributed by atoms with E-state index in [1.807, 2.05) is 30.5 Å². The first-order valence-corrected chi connectivity index (χ1v) is 4.82. The van der Waals surface area contributed by atoms with Gasteiger partial charge in [-0.15, -0.1) is 0 Å². The molecule has 2 aromatic heterocycles. The third-order valence-corrected chi connectivity index (χ3v) is 2.40. The van der Waals surface area contributed by atoms with Crippen LogP contribution in [0, 0.1) is 13.8 Å². The van der Waals surface area contributed by atoms with Crippen LogP contribution in [0.3, 0.4) is 0 Å². The highest BCUT2D eigenvalue weighted by molar-refractivity contribution is 5.50. The monoisotopic (exact) mass is 199 g/mol. The summed E-state index contributed by atoms with van der Waals surface area (Å²) in [5.41, 5.74) is 3.09. The van der Waals surface area contributed by atoms with Gasteiger partial charge in [-0.1, -0.05) is 12.6 Å². The van der Waals surface area contributed by atoms with Crippen molar-refractivity contribution in [2.45, 2.75) is 13.8 Å². The van der Waals surface area contributed by atoms with E-state index >= 15 is 0 Å². The predicted molar refractivity (Wildman–Crippen MR) is 60.9 cm³/mol. The molecule has 0 aliphatic heterocycles. The van der Waals surface area contributed by atoms with Gasteiger partial charge in [0.05, 0.1) is 11.4 Å². The van der Waals surface area contributed by atoms with Gasteiger partial charge in [0.25, 0.3) is 0 Å². The van der Waals surface area contributed by atoms with Gasteiger partial charge in [0.1, 0.15) is 12.1 Å². The minimum Gasteiger partial charge on any atom is -0.283 e. The van der Waals surface area contributed by atoms with Crippen molar-refractivity contribution in [3.63, 3.8) is 0 Å². The molecule has 0 aromatic carbocycles. The van der Waals surface area contributed by atoms with E-state index in [1.165, 1.54) is 0 Å². The average Bonchev–Trinajstić information content (AvgIpc) is 2.60. The van der Waals surface area contributed by atoms with E-state index < -0.39 is 0 Å². The van der Waals surface area contributed by atoms with Crippen molar-refractivity contribution in [2.24, 2.45) is 0 Å². The number of aryl methyl sites for hydroxylation is 2. The molecule has 3 heteroatoms. The molecule has 3 nitrogen and oxygen atoms in total. The Bertz CT molecular complexity index is 497. The van der Waals surface area contributed by atoms with Crippen LogP contribution in [0.2, 0.25) is 0 Å². The first kappa shape index (κ1) is 9.65. The molecule has 0 radical (unpaired) electrons. The Kier molecular flexibility index (Phi) is 2.37. The summed E-state index contributed by atoms with van der Waals surface area (Å²) in [6, 6.07) is 3.96. The van der Waals surface area contributed by atoms with Crippen LogP contribution in [0.25, 0.3) is 11.9 Å². The molecule has 0 bridgehead atoms. The molecule has 0 saturated heterocycles. The van der Waals surface area contributed by atoms with Crippen molar-refractivity contribution in [3.05, 3.63) is 48.2 Å². The largest absolute Gasteiger partial charge is 0.283 e. The zero-order valence-corrected chi connectivity index (χ0v) is 8.94. The van der Waals surface area contributed by atoms with Crippen molar-refractivity contribution in [3.8, 4) is 5.82 Å². The van der Waals surface area contributed by atoms with Crippen molar-refractivity contribution in [1.82, 2.24) is 14.5 Å². The summed E-state index contributed by atoms with van der Waals surface area (Å²) in [7, 11) is 0. The molecule has 0 fully saturated rings. The van der Waals surface area contributed by atoms with E-state index in [0.29, 0.717) is 0 Å². The van der Waals surface area contributed by atoms with Gasteiger partial charge in [0, 0.05) is 6.20 Å². The molecule has 76 valence electrons. The number of pyridine rings is 1. The van der Waals surface area contributed by atoms with E-state index in [9.17, 15) is 0 Å². The third kappa shape index (κ3) is 1.56. The molecule has 15 heavy (non-hydrogen) atoms. The van der Waals surface area contributed by atoms with Gasteiger partial charge < -0.3 is 0 Å². The van der Waals surface area contributed by atoms with Crippen LogP contribution in [0.5, 0.6) is 0 Å². The highest BCUT2D eigenvalue weighted by Gasteiger charge is 2.08. The molecule has 2 heterocycles. The summed E-state index contributed by atoms with van der Waals surface area (Å²) in [6.45, 7) is 7.79. The molecule has 0 aliphatic carbocycles. The van der Waals surface area contributed by atoms with E-state index in [4.69, 9.17) is 0 Å². The first-order valence-electron chi connectivity index (χ1n) is 4.82. The molecule has 2 aromatic rings. The van der Waals surface area contributed by atoms with E-state index in [2.05, 4.69) is 16.5 Å². The molecule has 0 amide bonds. The Morgan fingerprint density at radius 3 is 2.80 bits per heavy atom. The van der Waals surface area contributed by atoms with Gasteiger partial charge in [0.2, 0.25) is 0 Å². The Morgan fingerprint density at radius 1 is 1.33 bits per heavy atom. The lowest BCUT2D eigenvalue weighted by atomic mass is 10.2. The maximum atomic E-state index is 4.35. The normalized spacial score (nSPS) is 10.3. The topological polar surface area (TPSA) is 30.7 Å². The summed E-state index contributed by atoms with van der Waals surface area (Å²) in [6.07, 6.45) is 5.36. The number of imidazole rings is 1. The van der Waals surface area contributed by atoms with Crippen LogP contribution in [0.15, 0.2) is 31.2 Å². The van der Waals surface area contributed by atoms with Crippen molar-refractivity contribution >= 4 is 6.08 Å². The van der Waals surface area contributed by atoms with E-state index in [-0.39, 0.29) is 0 Å². The van der Waals surface area contributed by atoms with Crippen LogP contribution >= 0.6 is 0 Å². The maximum absolute atomic E-state index is 4.35. The van der Waals surface area contributed by atoms with Crippen LogP contribution in [0.1, 0.15) is 17.0 Å². The summed E-state index contributed by atoms with van der Waals surface area (Å²) in [5, 5.41) is 0. The second kappa shape index (κ2) is 3.69. The summed E-state index contributed by atoms with van der Waals surface area (Å²) < 4.78 is 1.96. The lowest BCUT2D eigenvalue weighted by Crippen LogP contribution is -2.00. The smallest absolute Gasteiger partial charge is 0.141 e. The minimum atomic E-state index is 0.910. The lowest BCUT2D eigenvalue weighted by molar-refractivity contribution is 0.965. The molecule has 0 N–H and O–H groups in total. The zero-order chi connectivity index (χ0) is 10.8. The summed E-state index contributed by atoms with van der Waals surface area (Å²) >= 11 is 0. The Hall–Kier alpha value is -1.90. The standard InChI is InChI=1S/C12H13N3/c1-4-11-10(3)14-8-15(11)12-9(2)6-5-7-13-12/h4-8H,1H2,2-3H3. The molecule has 0 atom stereocenters. The van der Waals surface area contributed by atoms with Crippen molar-refractivity contribution in [2.75, 3.05) is 0 Å². The lowest BCUT2D eigenvalue weighted by Gasteiger charge is -2.07.